The third-order valence-corrected chi connectivity index (χ3v) is 16.6. The van der Waals surface area contributed by atoms with Crippen molar-refractivity contribution in [1.82, 2.24) is 14.8 Å². The standard InChI is InChI=1S/C44H61N7O8S2/c1-30(2)35-7-5-6-8-36(35)39-29-48(21-22-60(4,56)57)19-20-50(39)33-25-44(26-33)15-17-49(18-16-44)32-9-10-37(41(45)52)40(23-32)61(58,59)34-24-38(51(54)55)42(47-28-34)46-27-31-11-13-43(3,53)14-12-31/h5-10,23-24,28,30-31,33,39,53H,11-22,25-27,29H2,1-4H3,(H2,45,52)(H,46,47)/t31?,39-,43?/m0/s1. The van der Waals surface area contributed by atoms with Gasteiger partial charge in [0.2, 0.25) is 21.6 Å². The molecule has 0 bridgehead atoms. The second-order valence-electron chi connectivity index (χ2n) is 18.7. The van der Waals surface area contributed by atoms with E-state index in [1.54, 1.807) is 13.0 Å². The molecule has 4 N–H and O–H groups in total. The monoisotopic (exact) mass is 879 g/mol. The molecule has 2 saturated heterocycles. The normalized spacial score (nSPS) is 24.1. The Balaban J connectivity index is 1.04. The number of piperazine rings is 1. The second-order valence-corrected chi connectivity index (χ2v) is 22.9. The van der Waals surface area contributed by atoms with Crippen LogP contribution < -0.4 is 16.0 Å². The van der Waals surface area contributed by atoms with Gasteiger partial charge in [0.1, 0.15) is 9.84 Å². The van der Waals surface area contributed by atoms with E-state index < -0.39 is 46.7 Å². The summed E-state index contributed by atoms with van der Waals surface area (Å²) in [5.74, 6) is -0.306. The number of nitrogens with one attached hydrogen (secondary N) is 1. The summed E-state index contributed by atoms with van der Waals surface area (Å²) in [6.07, 6.45) is 9.02. The summed E-state index contributed by atoms with van der Waals surface area (Å²) >= 11 is 0. The third kappa shape index (κ3) is 10.1. The fourth-order valence-corrected chi connectivity index (χ4v) is 12.1. The molecule has 2 aromatic carbocycles. The van der Waals surface area contributed by atoms with Crippen molar-refractivity contribution in [1.29, 1.82) is 0 Å². The zero-order valence-electron chi connectivity index (χ0n) is 35.8. The van der Waals surface area contributed by atoms with E-state index in [1.165, 1.54) is 29.5 Å². The zero-order chi connectivity index (χ0) is 43.9. The summed E-state index contributed by atoms with van der Waals surface area (Å²) in [5, 5.41) is 25.5. The van der Waals surface area contributed by atoms with Gasteiger partial charge in [-0.25, -0.2) is 21.8 Å². The van der Waals surface area contributed by atoms with Gasteiger partial charge in [0.25, 0.3) is 0 Å². The van der Waals surface area contributed by atoms with Crippen molar-refractivity contribution in [2.24, 2.45) is 17.1 Å². The highest BCUT2D eigenvalue weighted by atomic mass is 32.2. The minimum absolute atomic E-state index is 0.0478. The van der Waals surface area contributed by atoms with E-state index in [0.717, 1.165) is 70.4 Å². The largest absolute Gasteiger partial charge is 0.390 e. The number of rotatable bonds is 14. The predicted octanol–water partition coefficient (Wildman–Crippen LogP) is 5.55. The number of carbonyl (C=O) groups is 1. The van der Waals surface area contributed by atoms with Gasteiger partial charge in [0.15, 0.2) is 0 Å². The van der Waals surface area contributed by atoms with Crippen molar-refractivity contribution in [2.75, 3.05) is 68.0 Å². The first-order valence-electron chi connectivity index (χ1n) is 21.5. The topological polar surface area (TPSA) is 209 Å². The number of anilines is 2. The van der Waals surface area contributed by atoms with E-state index in [1.807, 2.05) is 0 Å². The Kier molecular flexibility index (Phi) is 12.9. The maximum atomic E-state index is 14.2. The summed E-state index contributed by atoms with van der Waals surface area (Å²) < 4.78 is 52.5. The van der Waals surface area contributed by atoms with Crippen LogP contribution in [-0.4, -0.2) is 117 Å². The van der Waals surface area contributed by atoms with Crippen molar-refractivity contribution in [3.8, 4) is 0 Å². The summed E-state index contributed by atoms with van der Waals surface area (Å²) in [7, 11) is -7.55. The molecule has 4 fully saturated rings. The van der Waals surface area contributed by atoms with E-state index in [0.29, 0.717) is 56.7 Å². The number of benzene rings is 2. The Morgan fingerprint density at radius 2 is 1.70 bits per heavy atom. The molecule has 2 aliphatic carbocycles. The SMILES string of the molecule is CC(C)c1ccccc1[C@@H]1CN(CCS(C)(=O)=O)CCN1C1CC2(CCN(c3ccc(C(N)=O)c(S(=O)(=O)c4cnc(NCC5CCC(C)(O)CC5)c([N+](=O)[O-])c4)c3)CC2)C1. The molecular weight excluding hydrogens is 819 g/mol. The Morgan fingerprint density at radius 3 is 2.34 bits per heavy atom. The summed E-state index contributed by atoms with van der Waals surface area (Å²) in [4.78, 5) is 34.6. The lowest BCUT2D eigenvalue weighted by atomic mass is 9.59. The molecule has 61 heavy (non-hydrogen) atoms. The molecule has 7 rings (SSSR count). The average Bonchev–Trinajstić information content (AvgIpc) is 3.21. The van der Waals surface area contributed by atoms with Crippen LogP contribution in [0.1, 0.15) is 106 Å². The lowest BCUT2D eigenvalue weighted by Crippen LogP contribution is -2.60. The molecule has 1 spiro atoms. The van der Waals surface area contributed by atoms with Gasteiger partial charge < -0.3 is 21.1 Å². The molecule has 3 heterocycles. The van der Waals surface area contributed by atoms with Gasteiger partial charge in [-0.2, -0.15) is 0 Å². The molecule has 4 aliphatic rings. The van der Waals surface area contributed by atoms with Crippen LogP contribution in [0.5, 0.6) is 0 Å². The van der Waals surface area contributed by atoms with Crippen LogP contribution in [-0.2, 0) is 19.7 Å². The van der Waals surface area contributed by atoms with Gasteiger partial charge in [-0.3, -0.25) is 24.7 Å². The Morgan fingerprint density at radius 1 is 1.02 bits per heavy atom. The maximum Gasteiger partial charge on any atom is 0.312 e. The van der Waals surface area contributed by atoms with Crippen LogP contribution in [0.25, 0.3) is 0 Å². The number of sulfone groups is 2. The lowest BCUT2D eigenvalue weighted by molar-refractivity contribution is -0.384. The molecule has 1 atom stereocenters. The van der Waals surface area contributed by atoms with Crippen LogP contribution >= 0.6 is 0 Å². The van der Waals surface area contributed by atoms with E-state index >= 15 is 0 Å². The van der Waals surface area contributed by atoms with Crippen LogP contribution in [0.3, 0.4) is 0 Å². The van der Waals surface area contributed by atoms with Crippen LogP contribution in [0.4, 0.5) is 17.2 Å². The molecule has 17 heteroatoms. The van der Waals surface area contributed by atoms with Gasteiger partial charge in [-0.1, -0.05) is 38.1 Å². The smallest absolute Gasteiger partial charge is 0.312 e. The Bertz CT molecular complexity index is 2330. The first-order valence-corrected chi connectivity index (χ1v) is 25.1. The molecule has 332 valence electrons. The number of hydrogen-bond acceptors (Lipinski definition) is 13. The Labute approximate surface area is 360 Å². The number of carbonyl (C=O) groups excluding carboxylic acids is 1. The molecule has 3 aromatic rings. The highest BCUT2D eigenvalue weighted by molar-refractivity contribution is 7.91. The number of aliphatic hydroxyl groups is 1. The lowest BCUT2D eigenvalue weighted by Gasteiger charge is -2.58. The number of aromatic nitrogens is 1. The molecular formula is C44H61N7O8S2. The number of hydrogen-bond donors (Lipinski definition) is 3. The summed E-state index contributed by atoms with van der Waals surface area (Å²) in [5.41, 5.74) is 7.68. The first kappa shape index (κ1) is 44.9. The van der Waals surface area contributed by atoms with E-state index in [4.69, 9.17) is 5.73 Å². The van der Waals surface area contributed by atoms with E-state index in [-0.39, 0.29) is 39.4 Å². The number of nitrogens with zero attached hydrogens (tertiary/aromatic N) is 5. The molecule has 1 amide bonds. The third-order valence-electron chi connectivity index (χ3n) is 13.9. The number of nitrogens with two attached hydrogens (primary N) is 1. The first-order chi connectivity index (χ1) is 28.7. The van der Waals surface area contributed by atoms with Gasteiger partial charge in [-0.05, 0) is 105 Å². The highest BCUT2D eigenvalue weighted by Gasteiger charge is 2.50. The zero-order valence-corrected chi connectivity index (χ0v) is 37.4. The summed E-state index contributed by atoms with van der Waals surface area (Å²) in [6, 6.07) is 14.7. The average molecular weight is 880 g/mol. The molecule has 2 aliphatic heterocycles. The predicted molar refractivity (Wildman–Crippen MR) is 235 cm³/mol. The number of primary amides is 1. The number of pyridine rings is 1. The fraction of sp³-hybridized carbons (Fsp3) is 0.591. The van der Waals surface area contributed by atoms with Crippen LogP contribution in [0.15, 0.2) is 64.5 Å². The molecule has 0 radical (unpaired) electrons. The maximum absolute atomic E-state index is 14.2. The van der Waals surface area contributed by atoms with Crippen molar-refractivity contribution >= 4 is 42.8 Å². The minimum atomic E-state index is -4.47. The molecule has 1 aromatic heterocycles. The number of amides is 1. The van der Waals surface area contributed by atoms with Gasteiger partial charge in [0.05, 0.1) is 31.6 Å². The second kappa shape index (κ2) is 17.5. The molecule has 2 saturated carbocycles. The van der Waals surface area contributed by atoms with E-state index in [2.05, 4.69) is 63.1 Å². The van der Waals surface area contributed by atoms with Gasteiger partial charge in [-0.15, -0.1) is 0 Å². The van der Waals surface area contributed by atoms with Crippen molar-refractivity contribution in [3.05, 3.63) is 81.5 Å². The van der Waals surface area contributed by atoms with Crippen LogP contribution in [0.2, 0.25) is 0 Å². The van der Waals surface area contributed by atoms with Crippen LogP contribution in [0, 0.1) is 21.4 Å². The number of nitro groups is 1. The quantitative estimate of drug-likeness (QED) is 0.134. The molecule has 0 unspecified atom stereocenters. The fourth-order valence-electron chi connectivity index (χ4n) is 10.1. The van der Waals surface area contributed by atoms with Gasteiger partial charge >= 0.3 is 5.69 Å². The molecule has 15 nitrogen and oxygen atoms in total. The Hall–Kier alpha value is -4.16. The summed E-state index contributed by atoms with van der Waals surface area (Å²) in [6.45, 7) is 11.0. The van der Waals surface area contributed by atoms with Crippen molar-refractivity contribution in [3.63, 3.8) is 0 Å². The van der Waals surface area contributed by atoms with Gasteiger partial charge in [0, 0.05) is 82.1 Å². The van der Waals surface area contributed by atoms with Crippen molar-refractivity contribution in [2.45, 2.75) is 106 Å². The van der Waals surface area contributed by atoms with E-state index in [9.17, 15) is 36.9 Å². The highest BCUT2D eigenvalue weighted by Crippen LogP contribution is 2.53. The van der Waals surface area contributed by atoms with Crippen molar-refractivity contribution < 1.29 is 31.7 Å². The minimum Gasteiger partial charge on any atom is -0.390 e. The number of piperidine rings is 1.